The van der Waals surface area contributed by atoms with Crippen molar-refractivity contribution in [1.82, 2.24) is 0 Å². The maximum Gasteiger partial charge on any atom is 4.00 e. The second-order valence-electron chi connectivity index (χ2n) is 0. The van der Waals surface area contributed by atoms with E-state index in [-0.39, 0.29) is 89.8 Å². The molecule has 0 rings (SSSR count). The number of rotatable bonds is 0. The van der Waals surface area contributed by atoms with Crippen LogP contribution >= 0.6 is 0 Å². The van der Waals surface area contributed by atoms with Crippen LogP contribution in [0.5, 0.6) is 0 Å². The van der Waals surface area contributed by atoms with Gasteiger partial charge in [0.2, 0.25) is 0 Å². The van der Waals surface area contributed by atoms with Gasteiger partial charge in [-0.2, -0.15) is 0 Å². The SMILES string of the molecule is N#[SiH].N#[SiH].N#[SiH].[N-3].[N-3].[N-3].[N-3].[Ti+4].[Ti+4].[Ti+4]. The topological polar surface area (TPSA) is 193 Å². The molecule has 0 atom stereocenters. The van der Waals surface area contributed by atoms with Gasteiger partial charge in [-0.15, -0.1) is 0 Å². The molecule has 13 heavy (non-hydrogen) atoms. The second-order valence-corrected chi connectivity index (χ2v) is 0. The fourth-order valence-corrected chi connectivity index (χ4v) is 0. The summed E-state index contributed by atoms with van der Waals surface area (Å²) in [7, 11) is 4.25. The standard InChI is InChI=1S/3HNSi.4N.3Ti/c3*1-2;;;;;;;/h3*2H;;;;;;;/q;;;4*-3;3*+4. The van der Waals surface area contributed by atoms with E-state index in [1.165, 1.54) is 29.6 Å². The Morgan fingerprint density at radius 2 is 0.385 bits per heavy atom. The average Bonchev–Trinajstić information content (AvgIpc) is 1.81. The van der Waals surface area contributed by atoms with Gasteiger partial charge in [0.05, 0.1) is 0 Å². The van der Waals surface area contributed by atoms with Gasteiger partial charge in [-0.05, 0) is 0 Å². The van der Waals surface area contributed by atoms with Gasteiger partial charge in [0.1, 0.15) is 0 Å². The molecule has 0 fully saturated rings. The van der Waals surface area contributed by atoms with E-state index in [1.807, 2.05) is 0 Å². The molecule has 0 unspecified atom stereocenters. The summed E-state index contributed by atoms with van der Waals surface area (Å²) in [6.07, 6.45) is 0. The zero-order valence-electron chi connectivity index (χ0n) is 6.36. The third-order valence-electron chi connectivity index (χ3n) is 0. The first-order valence-electron chi connectivity index (χ1n) is 0.775. The fourth-order valence-electron chi connectivity index (χ4n) is 0. The first-order valence-corrected chi connectivity index (χ1v) is 2.32. The Morgan fingerprint density at radius 3 is 0.385 bits per heavy atom. The first-order chi connectivity index (χ1) is 3.00. The van der Waals surface area contributed by atoms with Crippen LogP contribution in [-0.4, -0.2) is 29.6 Å². The van der Waals surface area contributed by atoms with E-state index in [1.54, 1.807) is 0 Å². The second kappa shape index (κ2) is 721. The maximum atomic E-state index is 6.92. The van der Waals surface area contributed by atoms with Crippen molar-refractivity contribution < 1.29 is 65.2 Å². The van der Waals surface area contributed by atoms with E-state index >= 15 is 0 Å². The van der Waals surface area contributed by atoms with Gasteiger partial charge >= 0.3 is 65.2 Å². The Labute approximate surface area is 133 Å². The summed E-state index contributed by atoms with van der Waals surface area (Å²) in [6, 6.07) is 0. The smallest absolute Gasteiger partial charge is 3.00 e. The quantitative estimate of drug-likeness (QED) is 0.528. The predicted molar refractivity (Wildman–Crippen MR) is 40.1 cm³/mol. The van der Waals surface area contributed by atoms with Gasteiger partial charge in [-0.1, -0.05) is 0 Å². The normalized spacial score (nSPS) is 0.462. The molecular formula is H3N7Si3Ti3. The van der Waals surface area contributed by atoms with Crippen LogP contribution in [0.2, 0.25) is 0 Å². The van der Waals surface area contributed by atoms with Crippen molar-refractivity contribution in [1.29, 1.82) is 14.7 Å². The van der Waals surface area contributed by atoms with Crippen LogP contribution in [0.15, 0.2) is 0 Å². The number of hydrogen-bond acceptors (Lipinski definition) is 3. The van der Waals surface area contributed by atoms with E-state index in [2.05, 4.69) is 0 Å². The minimum absolute atomic E-state index is 0. The van der Waals surface area contributed by atoms with Crippen LogP contribution in [-0.2, 0) is 65.2 Å². The minimum Gasteiger partial charge on any atom is -3.00 e. The summed E-state index contributed by atoms with van der Waals surface area (Å²) < 4.78 is 0. The molecule has 0 aromatic rings. The van der Waals surface area contributed by atoms with Gasteiger partial charge in [0.25, 0.3) is 0 Å². The van der Waals surface area contributed by atoms with E-state index in [0.29, 0.717) is 0 Å². The van der Waals surface area contributed by atoms with Crippen molar-refractivity contribution in [2.24, 2.45) is 0 Å². The molecule has 0 aliphatic heterocycles. The molecule has 0 aromatic heterocycles. The molecule has 0 radical (unpaired) electrons. The monoisotopic (exact) mass is 329 g/mol. The van der Waals surface area contributed by atoms with Gasteiger partial charge in [0.15, 0.2) is 29.6 Å². The molecule has 0 heterocycles. The Morgan fingerprint density at radius 1 is 0.385 bits per heavy atom. The van der Waals surface area contributed by atoms with Crippen molar-refractivity contribution in [2.75, 3.05) is 0 Å². The van der Waals surface area contributed by atoms with Gasteiger partial charge in [0, 0.05) is 0 Å². The van der Waals surface area contributed by atoms with Gasteiger partial charge in [-0.3, -0.25) is 14.7 Å². The summed E-state index contributed by atoms with van der Waals surface area (Å²) >= 11 is 0. The van der Waals surface area contributed by atoms with Crippen LogP contribution < -0.4 is 0 Å². The van der Waals surface area contributed by atoms with Gasteiger partial charge in [-0.25, -0.2) is 0 Å². The Bertz CT molecular complexity index is 47.5. The van der Waals surface area contributed by atoms with Gasteiger partial charge < -0.3 is 24.6 Å². The van der Waals surface area contributed by atoms with Crippen molar-refractivity contribution in [3.8, 4) is 0 Å². The van der Waals surface area contributed by atoms with Crippen molar-refractivity contribution in [3.63, 3.8) is 0 Å². The summed E-state index contributed by atoms with van der Waals surface area (Å²) in [5.74, 6) is 0. The molecule has 7 nitrogen and oxygen atoms in total. The third kappa shape index (κ3) is 612. The minimum atomic E-state index is 0. The zero-order chi connectivity index (χ0) is 6.00. The molecule has 0 saturated heterocycles. The van der Waals surface area contributed by atoms with Crippen LogP contribution in [0.3, 0.4) is 0 Å². The molecule has 0 aliphatic carbocycles. The van der Waals surface area contributed by atoms with E-state index in [4.69, 9.17) is 14.7 Å². The summed E-state index contributed by atoms with van der Waals surface area (Å²) in [5, 5.41) is 0. The average molecular weight is 329 g/mol. The van der Waals surface area contributed by atoms with E-state index in [0.717, 1.165) is 0 Å². The van der Waals surface area contributed by atoms with Crippen molar-refractivity contribution >= 4 is 29.6 Å². The fraction of sp³-hybridized carbons (Fsp3) is 0. The van der Waals surface area contributed by atoms with E-state index in [9.17, 15) is 0 Å². The molecule has 0 saturated carbocycles. The molecule has 62 valence electrons. The van der Waals surface area contributed by atoms with Crippen LogP contribution in [0.1, 0.15) is 0 Å². The van der Waals surface area contributed by atoms with Crippen LogP contribution in [0, 0.1) is 14.7 Å². The molecule has 0 aliphatic rings. The Kier molecular flexibility index (Phi) is 6840. The molecular weight excluding hydrogens is 326 g/mol. The molecule has 13 heteroatoms. The van der Waals surface area contributed by atoms with Crippen molar-refractivity contribution in [3.05, 3.63) is 24.6 Å². The maximum absolute atomic E-state index is 6.92. The van der Waals surface area contributed by atoms with Crippen molar-refractivity contribution in [2.45, 2.75) is 0 Å². The molecule has 0 N–H and O–H groups in total. The summed E-state index contributed by atoms with van der Waals surface area (Å²) in [6.45, 7) is 0. The Hall–Kier alpha value is 1.76. The first kappa shape index (κ1) is 123. The molecule has 0 spiro atoms. The predicted octanol–water partition coefficient (Wildman–Crippen LogP) is -0.753. The molecule has 0 aromatic carbocycles. The van der Waals surface area contributed by atoms with E-state index < -0.39 is 0 Å². The summed E-state index contributed by atoms with van der Waals surface area (Å²) in [4.78, 5) is 20.8. The number of hydrogen-bond donors (Lipinski definition) is 0. The summed E-state index contributed by atoms with van der Waals surface area (Å²) in [5.41, 5.74) is 0. The third-order valence-corrected chi connectivity index (χ3v) is 0. The largest absolute Gasteiger partial charge is 4.00 e. The Balaban J connectivity index is -0.00000000102. The number of nitrogens with zero attached hydrogens (tertiary/aromatic N) is 7. The zero-order valence-corrected chi connectivity index (χ0v) is 14.5. The van der Waals surface area contributed by atoms with Crippen LogP contribution in [0.25, 0.3) is 24.6 Å². The van der Waals surface area contributed by atoms with Crippen LogP contribution in [0.4, 0.5) is 0 Å². The molecule has 0 amide bonds. The molecule has 0 bridgehead atoms.